The first-order valence-corrected chi connectivity index (χ1v) is 6.54. The Morgan fingerprint density at radius 2 is 2.00 bits per heavy atom. The van der Waals surface area contributed by atoms with Crippen LogP contribution in [0, 0.1) is 6.92 Å². The van der Waals surface area contributed by atoms with Crippen LogP contribution in [-0.2, 0) is 0 Å². The number of benzene rings is 1. The van der Waals surface area contributed by atoms with Crippen LogP contribution in [0.15, 0.2) is 49.1 Å². The van der Waals surface area contributed by atoms with Gasteiger partial charge in [-0.1, -0.05) is 17.7 Å². The molecule has 20 heavy (non-hydrogen) atoms. The molecule has 2 N–H and O–H groups in total. The van der Waals surface area contributed by atoms with Crippen molar-refractivity contribution in [1.29, 1.82) is 0 Å². The summed E-state index contributed by atoms with van der Waals surface area (Å²) >= 11 is 6.19. The van der Waals surface area contributed by atoms with Crippen LogP contribution in [-0.4, -0.2) is 14.5 Å². The molecule has 5 heteroatoms. The van der Waals surface area contributed by atoms with Crippen molar-refractivity contribution in [3.8, 4) is 16.9 Å². The van der Waals surface area contributed by atoms with Crippen molar-refractivity contribution < 1.29 is 0 Å². The van der Waals surface area contributed by atoms with Crippen LogP contribution in [0.2, 0.25) is 5.02 Å². The molecule has 0 atom stereocenters. The number of halogens is 1. The molecule has 2 aromatic heterocycles. The minimum Gasteiger partial charge on any atom is -0.384 e. The van der Waals surface area contributed by atoms with Gasteiger partial charge in [-0.3, -0.25) is 4.57 Å². The molecule has 0 aliphatic carbocycles. The number of nitrogen functional groups attached to an aromatic ring is 1. The number of imidazole rings is 1. The Labute approximate surface area is 121 Å². The summed E-state index contributed by atoms with van der Waals surface area (Å²) in [5, 5.41) is 0.734. The first-order valence-electron chi connectivity index (χ1n) is 6.16. The Balaban J connectivity index is 2.10. The van der Waals surface area contributed by atoms with Crippen molar-refractivity contribution in [3.63, 3.8) is 0 Å². The number of aryl methyl sites for hydroxylation is 1. The first-order chi connectivity index (χ1) is 9.65. The van der Waals surface area contributed by atoms with Gasteiger partial charge in [-0.2, -0.15) is 0 Å². The highest BCUT2D eigenvalue weighted by Crippen LogP contribution is 2.25. The topological polar surface area (TPSA) is 56.7 Å². The van der Waals surface area contributed by atoms with Gasteiger partial charge in [-0.15, -0.1) is 0 Å². The minimum absolute atomic E-state index is 0.498. The Morgan fingerprint density at radius 3 is 2.70 bits per heavy atom. The van der Waals surface area contributed by atoms with E-state index in [-0.39, 0.29) is 0 Å². The number of nitrogens with zero attached hydrogens (tertiary/aromatic N) is 3. The Hall–Kier alpha value is -2.33. The lowest BCUT2D eigenvalue weighted by molar-refractivity contribution is 1.06. The number of aromatic nitrogens is 3. The van der Waals surface area contributed by atoms with Crippen LogP contribution in [0.25, 0.3) is 16.9 Å². The van der Waals surface area contributed by atoms with E-state index in [1.54, 1.807) is 24.8 Å². The number of rotatable bonds is 2. The van der Waals surface area contributed by atoms with Gasteiger partial charge < -0.3 is 5.73 Å². The first kappa shape index (κ1) is 12.7. The average Bonchev–Trinajstić information content (AvgIpc) is 2.92. The van der Waals surface area contributed by atoms with E-state index in [9.17, 15) is 0 Å². The summed E-state index contributed by atoms with van der Waals surface area (Å²) in [4.78, 5) is 8.32. The van der Waals surface area contributed by atoms with E-state index in [0.717, 1.165) is 27.5 Å². The van der Waals surface area contributed by atoms with Gasteiger partial charge in [0.15, 0.2) is 0 Å². The number of pyridine rings is 1. The highest BCUT2D eigenvalue weighted by Gasteiger charge is 2.08. The largest absolute Gasteiger partial charge is 0.384 e. The second-order valence-corrected chi connectivity index (χ2v) is 4.96. The molecule has 100 valence electrons. The summed E-state index contributed by atoms with van der Waals surface area (Å²) in [6, 6.07) is 9.62. The molecular formula is C15H13ClN4. The van der Waals surface area contributed by atoms with Gasteiger partial charge in [0.25, 0.3) is 0 Å². The maximum atomic E-state index is 6.19. The van der Waals surface area contributed by atoms with E-state index in [4.69, 9.17) is 17.3 Å². The summed E-state index contributed by atoms with van der Waals surface area (Å²) in [7, 11) is 0. The Morgan fingerprint density at radius 1 is 1.15 bits per heavy atom. The molecule has 2 heterocycles. The highest BCUT2D eigenvalue weighted by atomic mass is 35.5. The number of hydrogen-bond acceptors (Lipinski definition) is 3. The van der Waals surface area contributed by atoms with Crippen LogP contribution in [0.1, 0.15) is 5.56 Å². The molecule has 0 saturated heterocycles. The number of hydrogen-bond donors (Lipinski definition) is 1. The minimum atomic E-state index is 0.498. The monoisotopic (exact) mass is 284 g/mol. The van der Waals surface area contributed by atoms with Crippen molar-refractivity contribution in [2.75, 3.05) is 5.73 Å². The quantitative estimate of drug-likeness (QED) is 0.784. The van der Waals surface area contributed by atoms with Crippen molar-refractivity contribution in [2.24, 2.45) is 0 Å². The fourth-order valence-electron chi connectivity index (χ4n) is 2.00. The van der Waals surface area contributed by atoms with E-state index in [1.165, 1.54) is 0 Å². The van der Waals surface area contributed by atoms with Crippen LogP contribution < -0.4 is 5.73 Å². The van der Waals surface area contributed by atoms with Crippen molar-refractivity contribution in [2.45, 2.75) is 6.92 Å². The summed E-state index contributed by atoms with van der Waals surface area (Å²) in [6.07, 6.45) is 5.28. The predicted molar refractivity (Wildman–Crippen MR) is 81.0 cm³/mol. The molecule has 0 fully saturated rings. The summed E-state index contributed by atoms with van der Waals surface area (Å²) < 4.78 is 1.97. The smallest absolute Gasteiger partial charge is 0.123 e. The van der Waals surface area contributed by atoms with Crippen LogP contribution >= 0.6 is 11.6 Å². The molecule has 0 amide bonds. The third-order valence-electron chi connectivity index (χ3n) is 3.15. The maximum absolute atomic E-state index is 6.19. The van der Waals surface area contributed by atoms with Gasteiger partial charge >= 0.3 is 0 Å². The number of anilines is 1. The van der Waals surface area contributed by atoms with Crippen LogP contribution in [0.5, 0.6) is 0 Å². The van der Waals surface area contributed by atoms with Gasteiger partial charge in [0, 0.05) is 22.5 Å². The van der Waals surface area contributed by atoms with Crippen LogP contribution in [0.3, 0.4) is 0 Å². The molecule has 0 aliphatic heterocycles. The zero-order valence-corrected chi connectivity index (χ0v) is 11.7. The fourth-order valence-corrected chi connectivity index (χ4v) is 2.18. The van der Waals surface area contributed by atoms with Gasteiger partial charge in [0.1, 0.15) is 5.82 Å². The van der Waals surface area contributed by atoms with Gasteiger partial charge in [0.05, 0.1) is 18.2 Å². The third kappa shape index (κ3) is 2.26. The highest BCUT2D eigenvalue weighted by molar-refractivity contribution is 6.31. The molecule has 0 bridgehead atoms. The van der Waals surface area contributed by atoms with E-state index in [2.05, 4.69) is 9.97 Å². The molecular weight excluding hydrogens is 272 g/mol. The van der Waals surface area contributed by atoms with Crippen molar-refractivity contribution in [3.05, 3.63) is 59.6 Å². The molecule has 0 radical (unpaired) electrons. The third-order valence-corrected chi connectivity index (χ3v) is 3.56. The van der Waals surface area contributed by atoms with Crippen molar-refractivity contribution >= 4 is 17.4 Å². The molecule has 4 nitrogen and oxygen atoms in total. The standard InChI is InChI=1S/C15H13ClN4/c1-10-2-4-12(6-13(10)16)20-9-18-8-14(20)11-3-5-15(17)19-7-11/h2-9H,1H3,(H2,17,19). The van der Waals surface area contributed by atoms with E-state index >= 15 is 0 Å². The lowest BCUT2D eigenvalue weighted by atomic mass is 10.2. The lowest BCUT2D eigenvalue weighted by Gasteiger charge is -2.09. The lowest BCUT2D eigenvalue weighted by Crippen LogP contribution is -1.96. The van der Waals surface area contributed by atoms with E-state index in [0.29, 0.717) is 5.82 Å². The summed E-state index contributed by atoms with van der Waals surface area (Å²) in [5.41, 5.74) is 9.52. The average molecular weight is 285 g/mol. The zero-order valence-electron chi connectivity index (χ0n) is 10.9. The molecule has 1 aromatic carbocycles. The molecule has 3 rings (SSSR count). The van der Waals surface area contributed by atoms with Crippen LogP contribution in [0.4, 0.5) is 5.82 Å². The SMILES string of the molecule is Cc1ccc(-n2cncc2-c2ccc(N)nc2)cc1Cl. The van der Waals surface area contributed by atoms with E-state index in [1.807, 2.05) is 35.8 Å². The Kier molecular flexibility index (Phi) is 3.16. The van der Waals surface area contributed by atoms with Gasteiger partial charge in [-0.25, -0.2) is 9.97 Å². The molecule has 0 unspecified atom stereocenters. The van der Waals surface area contributed by atoms with E-state index < -0.39 is 0 Å². The maximum Gasteiger partial charge on any atom is 0.123 e. The second kappa shape index (κ2) is 4.98. The molecule has 0 saturated carbocycles. The van der Waals surface area contributed by atoms with Crippen molar-refractivity contribution in [1.82, 2.24) is 14.5 Å². The molecule has 3 aromatic rings. The zero-order chi connectivity index (χ0) is 14.1. The van der Waals surface area contributed by atoms with Gasteiger partial charge in [0.2, 0.25) is 0 Å². The second-order valence-electron chi connectivity index (χ2n) is 4.55. The fraction of sp³-hybridized carbons (Fsp3) is 0.0667. The van der Waals surface area contributed by atoms with Gasteiger partial charge in [-0.05, 0) is 36.8 Å². The normalized spacial score (nSPS) is 10.7. The molecule has 0 aliphatic rings. The number of nitrogens with two attached hydrogens (primary N) is 1. The summed E-state index contributed by atoms with van der Waals surface area (Å²) in [5.74, 6) is 0.498. The predicted octanol–water partition coefficient (Wildman–Crippen LogP) is 3.48. The molecule has 0 spiro atoms. The summed E-state index contributed by atoms with van der Waals surface area (Å²) in [6.45, 7) is 1.98. The Bertz CT molecular complexity index is 747.